The second kappa shape index (κ2) is 7.24. The maximum Gasteiger partial charge on any atom is 0.00104 e. The van der Waals surface area contributed by atoms with Gasteiger partial charge in [0.1, 0.15) is 0 Å². The van der Waals surface area contributed by atoms with Crippen molar-refractivity contribution in [2.24, 2.45) is 5.73 Å². The van der Waals surface area contributed by atoms with Gasteiger partial charge in [0.2, 0.25) is 0 Å². The topological polar surface area (TPSA) is 29.3 Å². The van der Waals surface area contributed by atoms with Crippen molar-refractivity contribution >= 4 is 0 Å². The monoisotopic (exact) mass is 198 g/mol. The van der Waals surface area contributed by atoms with Crippen molar-refractivity contribution in [2.45, 2.75) is 57.9 Å². The average molecular weight is 198 g/mol. The first-order chi connectivity index (χ1) is 6.79. The molecule has 1 aliphatic rings. The molecule has 2 heteroatoms. The van der Waals surface area contributed by atoms with Gasteiger partial charge >= 0.3 is 0 Å². The summed E-state index contributed by atoms with van der Waals surface area (Å²) in [4.78, 5) is 2.63. The summed E-state index contributed by atoms with van der Waals surface area (Å²) < 4.78 is 0. The molecule has 2 nitrogen and oxygen atoms in total. The van der Waals surface area contributed by atoms with Crippen molar-refractivity contribution in [3.05, 3.63) is 0 Å². The second-order valence-electron chi connectivity index (χ2n) is 4.73. The minimum atomic E-state index is 0.388. The summed E-state index contributed by atoms with van der Waals surface area (Å²) in [6.07, 6.45) is 9.52. The molecule has 0 amide bonds. The highest BCUT2D eigenvalue weighted by atomic mass is 15.1. The largest absolute Gasteiger partial charge is 0.328 e. The molecule has 84 valence electrons. The van der Waals surface area contributed by atoms with Crippen LogP contribution in [0.25, 0.3) is 0 Å². The molecule has 0 bridgehead atoms. The van der Waals surface area contributed by atoms with E-state index in [-0.39, 0.29) is 0 Å². The summed E-state index contributed by atoms with van der Waals surface area (Å²) in [7, 11) is 0. The van der Waals surface area contributed by atoms with Crippen LogP contribution in [-0.2, 0) is 0 Å². The zero-order valence-electron chi connectivity index (χ0n) is 9.67. The lowest BCUT2D eigenvalue weighted by molar-refractivity contribution is 0.277. The van der Waals surface area contributed by atoms with E-state index in [4.69, 9.17) is 5.73 Å². The predicted molar refractivity (Wildman–Crippen MR) is 62.4 cm³/mol. The quantitative estimate of drug-likeness (QED) is 0.687. The van der Waals surface area contributed by atoms with Gasteiger partial charge in [-0.25, -0.2) is 0 Å². The van der Waals surface area contributed by atoms with Gasteiger partial charge < -0.3 is 10.6 Å². The van der Waals surface area contributed by atoms with Gasteiger partial charge in [0.05, 0.1) is 0 Å². The Morgan fingerprint density at radius 3 is 2.29 bits per heavy atom. The third kappa shape index (κ3) is 5.61. The van der Waals surface area contributed by atoms with Crippen LogP contribution in [0.4, 0.5) is 0 Å². The third-order valence-electron chi connectivity index (χ3n) is 3.08. The highest BCUT2D eigenvalue weighted by Gasteiger charge is 2.07. The van der Waals surface area contributed by atoms with Crippen molar-refractivity contribution in [1.29, 1.82) is 0 Å². The van der Waals surface area contributed by atoms with E-state index in [1.807, 2.05) is 0 Å². The zero-order chi connectivity index (χ0) is 10.2. The number of nitrogens with zero attached hydrogens (tertiary/aromatic N) is 1. The van der Waals surface area contributed by atoms with E-state index >= 15 is 0 Å². The van der Waals surface area contributed by atoms with Crippen LogP contribution in [-0.4, -0.2) is 30.6 Å². The lowest BCUT2D eigenvalue weighted by Gasteiger charge is -2.19. The Hall–Kier alpha value is -0.0800. The molecule has 1 fully saturated rings. The fourth-order valence-corrected chi connectivity index (χ4v) is 2.16. The molecule has 1 rings (SSSR count). The highest BCUT2D eigenvalue weighted by Crippen LogP contribution is 2.10. The summed E-state index contributed by atoms with van der Waals surface area (Å²) in [5, 5.41) is 0. The zero-order valence-corrected chi connectivity index (χ0v) is 9.67. The van der Waals surface area contributed by atoms with Gasteiger partial charge in [-0.15, -0.1) is 0 Å². The molecule has 1 saturated heterocycles. The van der Waals surface area contributed by atoms with Crippen molar-refractivity contribution in [1.82, 2.24) is 4.90 Å². The minimum Gasteiger partial charge on any atom is -0.328 e. The van der Waals surface area contributed by atoms with E-state index in [1.165, 1.54) is 64.6 Å². The molecule has 0 aromatic heterocycles. The molecule has 0 radical (unpaired) electrons. The van der Waals surface area contributed by atoms with Gasteiger partial charge in [0.15, 0.2) is 0 Å². The maximum absolute atomic E-state index is 5.72. The predicted octanol–water partition coefficient (Wildman–Crippen LogP) is 2.38. The second-order valence-corrected chi connectivity index (χ2v) is 4.73. The molecule has 0 aromatic carbocycles. The van der Waals surface area contributed by atoms with Gasteiger partial charge in [-0.2, -0.15) is 0 Å². The van der Waals surface area contributed by atoms with Gasteiger partial charge in [0.25, 0.3) is 0 Å². The van der Waals surface area contributed by atoms with E-state index in [1.54, 1.807) is 0 Å². The Kier molecular flexibility index (Phi) is 6.20. The van der Waals surface area contributed by atoms with Gasteiger partial charge in [-0.05, 0) is 52.2 Å². The van der Waals surface area contributed by atoms with Crippen LogP contribution >= 0.6 is 0 Å². The molecular formula is C12H26N2. The molecule has 1 aliphatic heterocycles. The summed E-state index contributed by atoms with van der Waals surface area (Å²) in [5.41, 5.74) is 5.72. The first kappa shape index (κ1) is 12.0. The number of likely N-dealkylation sites (tertiary alicyclic amines) is 1. The van der Waals surface area contributed by atoms with Crippen LogP contribution < -0.4 is 5.73 Å². The number of rotatable bonds is 5. The van der Waals surface area contributed by atoms with E-state index in [0.29, 0.717) is 6.04 Å². The Morgan fingerprint density at radius 2 is 1.71 bits per heavy atom. The lowest BCUT2D eigenvalue weighted by Crippen LogP contribution is -2.26. The first-order valence-corrected chi connectivity index (χ1v) is 6.27. The van der Waals surface area contributed by atoms with Crippen LogP contribution in [0, 0.1) is 0 Å². The molecule has 1 unspecified atom stereocenters. The van der Waals surface area contributed by atoms with Crippen LogP contribution in [0.1, 0.15) is 51.9 Å². The van der Waals surface area contributed by atoms with E-state index < -0.39 is 0 Å². The molecular weight excluding hydrogens is 172 g/mol. The number of hydrogen-bond acceptors (Lipinski definition) is 2. The van der Waals surface area contributed by atoms with E-state index in [9.17, 15) is 0 Å². The van der Waals surface area contributed by atoms with Gasteiger partial charge in [-0.1, -0.05) is 19.3 Å². The summed E-state index contributed by atoms with van der Waals surface area (Å²) in [5.74, 6) is 0. The highest BCUT2D eigenvalue weighted by molar-refractivity contribution is 4.63. The van der Waals surface area contributed by atoms with E-state index in [0.717, 1.165) is 0 Å². The molecule has 1 heterocycles. The Balaban J connectivity index is 1.99. The molecule has 1 atom stereocenters. The standard InChI is InChI=1S/C12H26N2/c1-12(13)8-4-7-11-14-9-5-2-3-6-10-14/h12H,2-11,13H2,1H3. The first-order valence-electron chi connectivity index (χ1n) is 6.27. The summed E-state index contributed by atoms with van der Waals surface area (Å²) >= 11 is 0. The average Bonchev–Trinajstić information content (AvgIpc) is 2.40. The molecule has 0 aromatic rings. The molecule has 0 spiro atoms. The lowest BCUT2D eigenvalue weighted by atomic mass is 10.1. The van der Waals surface area contributed by atoms with Crippen LogP contribution in [0.3, 0.4) is 0 Å². The Bertz CT molecular complexity index is 126. The Morgan fingerprint density at radius 1 is 1.07 bits per heavy atom. The van der Waals surface area contributed by atoms with Crippen LogP contribution in [0.15, 0.2) is 0 Å². The molecule has 2 N–H and O–H groups in total. The summed E-state index contributed by atoms with van der Waals surface area (Å²) in [6, 6.07) is 0.388. The van der Waals surface area contributed by atoms with Crippen LogP contribution in [0.2, 0.25) is 0 Å². The number of nitrogens with two attached hydrogens (primary N) is 1. The SMILES string of the molecule is CC(N)CCCCN1CCCCCC1. The molecule has 14 heavy (non-hydrogen) atoms. The minimum absolute atomic E-state index is 0.388. The van der Waals surface area contributed by atoms with Crippen molar-refractivity contribution in [2.75, 3.05) is 19.6 Å². The third-order valence-corrected chi connectivity index (χ3v) is 3.08. The molecule has 0 aliphatic carbocycles. The summed E-state index contributed by atoms with van der Waals surface area (Å²) in [6.45, 7) is 6.06. The van der Waals surface area contributed by atoms with Crippen molar-refractivity contribution in [3.63, 3.8) is 0 Å². The van der Waals surface area contributed by atoms with E-state index in [2.05, 4.69) is 11.8 Å². The fourth-order valence-electron chi connectivity index (χ4n) is 2.16. The van der Waals surface area contributed by atoms with Crippen molar-refractivity contribution < 1.29 is 0 Å². The number of unbranched alkanes of at least 4 members (excludes halogenated alkanes) is 1. The van der Waals surface area contributed by atoms with Crippen LogP contribution in [0.5, 0.6) is 0 Å². The van der Waals surface area contributed by atoms with Crippen molar-refractivity contribution in [3.8, 4) is 0 Å². The number of hydrogen-bond donors (Lipinski definition) is 1. The van der Waals surface area contributed by atoms with Gasteiger partial charge in [-0.3, -0.25) is 0 Å². The smallest absolute Gasteiger partial charge is 0.00104 e. The van der Waals surface area contributed by atoms with Gasteiger partial charge in [0, 0.05) is 6.04 Å². The Labute approximate surface area is 88.8 Å². The normalized spacial score (nSPS) is 21.9. The molecule has 0 saturated carbocycles. The maximum atomic E-state index is 5.72. The fraction of sp³-hybridized carbons (Fsp3) is 1.00.